The average molecular weight is 336 g/mol. The van der Waals surface area contributed by atoms with E-state index in [0.717, 1.165) is 39.0 Å². The van der Waals surface area contributed by atoms with Crippen molar-refractivity contribution in [2.24, 2.45) is 0 Å². The molecule has 3 heteroatoms. The van der Waals surface area contributed by atoms with Crippen molar-refractivity contribution in [1.82, 2.24) is 9.80 Å². The largest absolute Gasteiger partial charge is 0.340 e. The summed E-state index contributed by atoms with van der Waals surface area (Å²) in [5.74, 6) is 0.291. The highest BCUT2D eigenvalue weighted by Crippen LogP contribution is 2.13. The third-order valence-corrected chi connectivity index (χ3v) is 5.13. The fourth-order valence-electron chi connectivity index (χ4n) is 3.55. The van der Waals surface area contributed by atoms with E-state index in [2.05, 4.69) is 54.3 Å². The number of carbonyl (C=O) groups is 1. The quantitative estimate of drug-likeness (QED) is 0.807. The fourth-order valence-corrected chi connectivity index (χ4v) is 3.55. The van der Waals surface area contributed by atoms with Gasteiger partial charge in [0.15, 0.2) is 0 Å². The molecule has 3 nitrogen and oxygen atoms in total. The molecule has 2 aromatic carbocycles. The minimum Gasteiger partial charge on any atom is -0.340 e. The van der Waals surface area contributed by atoms with Crippen molar-refractivity contribution in [3.05, 3.63) is 71.8 Å². The monoisotopic (exact) mass is 336 g/mol. The zero-order chi connectivity index (χ0) is 17.5. The van der Waals surface area contributed by atoms with E-state index in [1.165, 1.54) is 11.1 Å². The van der Waals surface area contributed by atoms with Crippen LogP contribution in [0.15, 0.2) is 60.7 Å². The molecule has 0 radical (unpaired) electrons. The number of rotatable bonds is 6. The Kier molecular flexibility index (Phi) is 6.24. The molecular weight excluding hydrogens is 308 g/mol. The lowest BCUT2D eigenvalue weighted by atomic mass is 10.1. The van der Waals surface area contributed by atoms with E-state index in [-0.39, 0.29) is 0 Å². The number of amides is 1. The van der Waals surface area contributed by atoms with Crippen LogP contribution in [0, 0.1) is 0 Å². The Labute approximate surface area is 151 Å². The second-order valence-corrected chi connectivity index (χ2v) is 6.94. The first kappa shape index (κ1) is 17.7. The van der Waals surface area contributed by atoms with Gasteiger partial charge in [0.2, 0.25) is 5.91 Å². The first-order valence-electron chi connectivity index (χ1n) is 9.32. The predicted molar refractivity (Wildman–Crippen MR) is 103 cm³/mol. The molecule has 0 spiro atoms. The Morgan fingerprint density at radius 3 is 2.04 bits per heavy atom. The van der Waals surface area contributed by atoms with Crippen molar-refractivity contribution in [3.63, 3.8) is 0 Å². The maximum Gasteiger partial charge on any atom is 0.222 e. The van der Waals surface area contributed by atoms with Gasteiger partial charge in [-0.2, -0.15) is 0 Å². The summed E-state index contributed by atoms with van der Waals surface area (Å²) in [5.41, 5.74) is 2.63. The molecule has 1 unspecified atom stereocenters. The van der Waals surface area contributed by atoms with Crippen LogP contribution in [0.1, 0.15) is 24.5 Å². The molecule has 0 aromatic heterocycles. The number of aryl methyl sites for hydroxylation is 1. The Hall–Kier alpha value is -2.13. The molecule has 3 rings (SSSR count). The van der Waals surface area contributed by atoms with Gasteiger partial charge in [0.25, 0.3) is 0 Å². The van der Waals surface area contributed by atoms with Crippen LogP contribution in [0.3, 0.4) is 0 Å². The van der Waals surface area contributed by atoms with Crippen LogP contribution in [0.2, 0.25) is 0 Å². The maximum atomic E-state index is 12.4. The molecular formula is C22H28N2O. The predicted octanol–water partition coefficient (Wildman–Crippen LogP) is 3.39. The van der Waals surface area contributed by atoms with E-state index >= 15 is 0 Å². The van der Waals surface area contributed by atoms with Gasteiger partial charge in [-0.1, -0.05) is 60.7 Å². The maximum absolute atomic E-state index is 12.4. The number of piperazine rings is 1. The van der Waals surface area contributed by atoms with Crippen LogP contribution in [0.25, 0.3) is 0 Å². The highest BCUT2D eigenvalue weighted by atomic mass is 16.2. The van der Waals surface area contributed by atoms with E-state index in [0.29, 0.717) is 18.4 Å². The SMILES string of the molecule is CC(Cc1ccccc1)N1CCN(C(=O)CCc2ccccc2)CC1. The van der Waals surface area contributed by atoms with Gasteiger partial charge in [-0.05, 0) is 30.9 Å². The summed E-state index contributed by atoms with van der Waals surface area (Å²) in [6, 6.07) is 21.4. The van der Waals surface area contributed by atoms with E-state index in [1.54, 1.807) is 0 Å². The van der Waals surface area contributed by atoms with Crippen LogP contribution < -0.4 is 0 Å². The van der Waals surface area contributed by atoms with Gasteiger partial charge >= 0.3 is 0 Å². The Bertz CT molecular complexity index is 648. The lowest BCUT2D eigenvalue weighted by Gasteiger charge is -2.38. The number of carbonyl (C=O) groups excluding carboxylic acids is 1. The lowest BCUT2D eigenvalue weighted by molar-refractivity contribution is -0.133. The van der Waals surface area contributed by atoms with Crippen molar-refractivity contribution in [2.75, 3.05) is 26.2 Å². The van der Waals surface area contributed by atoms with Crippen LogP contribution in [-0.2, 0) is 17.6 Å². The first-order valence-corrected chi connectivity index (χ1v) is 9.32. The Morgan fingerprint density at radius 2 is 1.44 bits per heavy atom. The van der Waals surface area contributed by atoms with Crippen molar-refractivity contribution in [2.45, 2.75) is 32.2 Å². The average Bonchev–Trinajstić information content (AvgIpc) is 2.68. The second-order valence-electron chi connectivity index (χ2n) is 6.94. The van der Waals surface area contributed by atoms with Gasteiger partial charge in [0.05, 0.1) is 0 Å². The fraction of sp³-hybridized carbons (Fsp3) is 0.409. The lowest BCUT2D eigenvalue weighted by Crippen LogP contribution is -2.51. The number of benzene rings is 2. The highest BCUT2D eigenvalue weighted by Gasteiger charge is 2.23. The van der Waals surface area contributed by atoms with Crippen molar-refractivity contribution in [3.8, 4) is 0 Å². The Morgan fingerprint density at radius 1 is 0.880 bits per heavy atom. The second kappa shape index (κ2) is 8.82. The van der Waals surface area contributed by atoms with Crippen LogP contribution in [-0.4, -0.2) is 47.9 Å². The summed E-state index contributed by atoms with van der Waals surface area (Å²) in [7, 11) is 0. The van der Waals surface area contributed by atoms with Crippen molar-refractivity contribution in [1.29, 1.82) is 0 Å². The minimum absolute atomic E-state index is 0.291. The van der Waals surface area contributed by atoms with E-state index in [9.17, 15) is 4.79 Å². The molecule has 1 heterocycles. The molecule has 1 amide bonds. The molecule has 0 aliphatic carbocycles. The number of hydrogen-bond donors (Lipinski definition) is 0. The summed E-state index contributed by atoms with van der Waals surface area (Å²) in [6.45, 7) is 5.95. The first-order chi connectivity index (χ1) is 12.2. The van der Waals surface area contributed by atoms with E-state index in [1.807, 2.05) is 23.1 Å². The molecule has 1 aliphatic rings. The van der Waals surface area contributed by atoms with Crippen molar-refractivity contribution < 1.29 is 4.79 Å². The molecule has 1 aliphatic heterocycles. The highest BCUT2D eigenvalue weighted by molar-refractivity contribution is 5.76. The van der Waals surface area contributed by atoms with Gasteiger partial charge in [0.1, 0.15) is 0 Å². The minimum atomic E-state index is 0.291. The number of nitrogens with zero attached hydrogens (tertiary/aromatic N) is 2. The third kappa shape index (κ3) is 5.17. The smallest absolute Gasteiger partial charge is 0.222 e. The summed E-state index contributed by atoms with van der Waals surface area (Å²) >= 11 is 0. The number of hydrogen-bond acceptors (Lipinski definition) is 2. The van der Waals surface area contributed by atoms with Crippen LogP contribution in [0.4, 0.5) is 0 Å². The van der Waals surface area contributed by atoms with E-state index in [4.69, 9.17) is 0 Å². The van der Waals surface area contributed by atoms with Crippen LogP contribution >= 0.6 is 0 Å². The van der Waals surface area contributed by atoms with Gasteiger partial charge in [-0.3, -0.25) is 9.69 Å². The topological polar surface area (TPSA) is 23.6 Å². The normalized spacial score (nSPS) is 16.6. The molecule has 0 saturated carbocycles. The molecule has 25 heavy (non-hydrogen) atoms. The molecule has 2 aromatic rings. The van der Waals surface area contributed by atoms with Gasteiger partial charge < -0.3 is 4.90 Å². The summed E-state index contributed by atoms with van der Waals surface area (Å²) in [5, 5.41) is 0. The van der Waals surface area contributed by atoms with Gasteiger partial charge in [-0.15, -0.1) is 0 Å². The summed E-state index contributed by atoms with van der Waals surface area (Å²) in [6.07, 6.45) is 2.52. The Balaban J connectivity index is 1.42. The molecule has 1 atom stereocenters. The molecule has 1 fully saturated rings. The molecule has 0 N–H and O–H groups in total. The van der Waals surface area contributed by atoms with Crippen LogP contribution in [0.5, 0.6) is 0 Å². The third-order valence-electron chi connectivity index (χ3n) is 5.13. The summed E-state index contributed by atoms with van der Waals surface area (Å²) < 4.78 is 0. The summed E-state index contributed by atoms with van der Waals surface area (Å²) in [4.78, 5) is 17.0. The van der Waals surface area contributed by atoms with E-state index < -0.39 is 0 Å². The zero-order valence-electron chi connectivity index (χ0n) is 15.1. The molecule has 132 valence electrons. The van der Waals surface area contributed by atoms with Crippen molar-refractivity contribution >= 4 is 5.91 Å². The van der Waals surface area contributed by atoms with Gasteiger partial charge in [0, 0.05) is 38.6 Å². The molecule has 1 saturated heterocycles. The molecule has 0 bridgehead atoms. The van der Waals surface area contributed by atoms with Gasteiger partial charge in [-0.25, -0.2) is 0 Å². The standard InChI is InChI=1S/C22H28N2O/c1-19(18-21-10-6-3-7-11-21)23-14-16-24(17-15-23)22(25)13-12-20-8-4-2-5-9-20/h2-11,19H,12-18H2,1H3. The zero-order valence-corrected chi connectivity index (χ0v) is 15.1.